The summed E-state index contributed by atoms with van der Waals surface area (Å²) in [5, 5.41) is 8.46. The number of rotatable bonds is 4. The van der Waals surface area contributed by atoms with Gasteiger partial charge >= 0.3 is 6.09 Å². The molecule has 0 saturated carbocycles. The fourth-order valence-electron chi connectivity index (χ4n) is 0.720. The van der Waals surface area contributed by atoms with Crippen LogP contribution >= 0.6 is 0 Å². The van der Waals surface area contributed by atoms with Crippen molar-refractivity contribution in [2.75, 3.05) is 34.2 Å². The minimum atomic E-state index is -0.858. The average molecular weight is 190 g/mol. The molecule has 0 aliphatic carbocycles. The van der Waals surface area contributed by atoms with Crippen molar-refractivity contribution >= 4 is 6.09 Å². The van der Waals surface area contributed by atoms with Gasteiger partial charge in [-0.1, -0.05) is 13.8 Å². The Hall–Kier alpha value is -0.770. The minimum absolute atomic E-state index is 0.605. The lowest BCUT2D eigenvalue weighted by Gasteiger charge is -2.14. The SMILES string of the molecule is CC.CN(C)CCCN(C)C(=O)O. The zero-order valence-corrected chi connectivity index (χ0v) is 9.37. The highest BCUT2D eigenvalue weighted by Crippen LogP contribution is 1.89. The highest BCUT2D eigenvalue weighted by Gasteiger charge is 2.03. The standard InChI is InChI=1S/C7H16N2O2.C2H6/c1-8(2)5-4-6-9(3)7(10)11;1-2/h4-6H2,1-3H3,(H,10,11);1-2H3. The Morgan fingerprint density at radius 3 is 1.92 bits per heavy atom. The van der Waals surface area contributed by atoms with Gasteiger partial charge in [0, 0.05) is 13.6 Å². The van der Waals surface area contributed by atoms with E-state index >= 15 is 0 Å². The summed E-state index contributed by atoms with van der Waals surface area (Å²) in [7, 11) is 5.53. The van der Waals surface area contributed by atoms with E-state index in [0.717, 1.165) is 13.0 Å². The van der Waals surface area contributed by atoms with Gasteiger partial charge in [-0.3, -0.25) is 0 Å². The maximum atomic E-state index is 10.3. The Bertz CT molecular complexity index is 127. The molecule has 0 aliphatic rings. The van der Waals surface area contributed by atoms with Crippen LogP contribution in [0.25, 0.3) is 0 Å². The quantitative estimate of drug-likeness (QED) is 0.732. The Morgan fingerprint density at radius 1 is 1.15 bits per heavy atom. The van der Waals surface area contributed by atoms with Crippen molar-refractivity contribution in [3.05, 3.63) is 0 Å². The van der Waals surface area contributed by atoms with Gasteiger partial charge < -0.3 is 14.9 Å². The highest BCUT2D eigenvalue weighted by molar-refractivity contribution is 5.64. The molecular formula is C9H22N2O2. The first-order chi connectivity index (χ1) is 6.04. The van der Waals surface area contributed by atoms with E-state index in [2.05, 4.69) is 0 Å². The van der Waals surface area contributed by atoms with Gasteiger partial charge in [0.1, 0.15) is 0 Å². The Balaban J connectivity index is 0. The van der Waals surface area contributed by atoms with Gasteiger partial charge in [0.05, 0.1) is 0 Å². The molecule has 4 nitrogen and oxygen atoms in total. The average Bonchev–Trinajstić information content (AvgIpc) is 2.07. The van der Waals surface area contributed by atoms with Crippen LogP contribution in [0.15, 0.2) is 0 Å². The van der Waals surface area contributed by atoms with E-state index in [1.165, 1.54) is 4.90 Å². The topological polar surface area (TPSA) is 43.8 Å². The van der Waals surface area contributed by atoms with E-state index < -0.39 is 6.09 Å². The number of nitrogens with zero attached hydrogens (tertiary/aromatic N) is 2. The molecule has 0 spiro atoms. The molecule has 0 atom stereocenters. The summed E-state index contributed by atoms with van der Waals surface area (Å²) < 4.78 is 0. The highest BCUT2D eigenvalue weighted by atomic mass is 16.4. The third kappa shape index (κ3) is 11.2. The number of hydrogen-bond donors (Lipinski definition) is 1. The summed E-state index contributed by atoms with van der Waals surface area (Å²) in [5.74, 6) is 0. The molecule has 0 saturated heterocycles. The molecule has 0 aromatic carbocycles. The van der Waals surface area contributed by atoms with E-state index in [0.29, 0.717) is 6.54 Å². The molecule has 1 N–H and O–H groups in total. The van der Waals surface area contributed by atoms with Crippen LogP contribution in [0.1, 0.15) is 20.3 Å². The summed E-state index contributed by atoms with van der Waals surface area (Å²) in [6, 6.07) is 0. The fraction of sp³-hybridized carbons (Fsp3) is 0.889. The van der Waals surface area contributed by atoms with Crippen LogP contribution in [0.2, 0.25) is 0 Å². The zero-order chi connectivity index (χ0) is 10.9. The molecule has 0 heterocycles. The van der Waals surface area contributed by atoms with E-state index in [9.17, 15) is 4.79 Å². The minimum Gasteiger partial charge on any atom is -0.465 e. The van der Waals surface area contributed by atoms with Gasteiger partial charge in [-0.2, -0.15) is 0 Å². The lowest BCUT2D eigenvalue weighted by atomic mass is 10.4. The first-order valence-electron chi connectivity index (χ1n) is 4.63. The smallest absolute Gasteiger partial charge is 0.407 e. The number of carboxylic acid groups (broad SMARTS) is 1. The van der Waals surface area contributed by atoms with Crippen molar-refractivity contribution < 1.29 is 9.90 Å². The Morgan fingerprint density at radius 2 is 1.62 bits per heavy atom. The summed E-state index contributed by atoms with van der Waals surface area (Å²) in [5.41, 5.74) is 0. The van der Waals surface area contributed by atoms with Crippen LogP contribution in [-0.2, 0) is 0 Å². The van der Waals surface area contributed by atoms with Crippen LogP contribution < -0.4 is 0 Å². The Labute approximate surface area is 81.1 Å². The molecule has 0 unspecified atom stereocenters. The molecule has 0 radical (unpaired) electrons. The molecule has 0 bridgehead atoms. The molecule has 0 fully saturated rings. The lowest BCUT2D eigenvalue weighted by molar-refractivity contribution is 0.154. The molecule has 0 aromatic rings. The fourth-order valence-corrected chi connectivity index (χ4v) is 0.720. The normalized spacial score (nSPS) is 9.08. The van der Waals surface area contributed by atoms with E-state index in [1.54, 1.807) is 7.05 Å². The third-order valence-corrected chi connectivity index (χ3v) is 1.43. The maximum Gasteiger partial charge on any atom is 0.407 e. The van der Waals surface area contributed by atoms with Crippen molar-refractivity contribution in [2.24, 2.45) is 0 Å². The van der Waals surface area contributed by atoms with Crippen LogP contribution in [-0.4, -0.2) is 55.2 Å². The predicted molar refractivity (Wildman–Crippen MR) is 55.2 cm³/mol. The third-order valence-electron chi connectivity index (χ3n) is 1.43. The molecule has 13 heavy (non-hydrogen) atoms. The van der Waals surface area contributed by atoms with Gasteiger partial charge in [-0.25, -0.2) is 4.79 Å². The molecule has 0 aromatic heterocycles. The van der Waals surface area contributed by atoms with E-state index in [1.807, 2.05) is 32.8 Å². The maximum absolute atomic E-state index is 10.3. The molecule has 1 amide bonds. The number of carbonyl (C=O) groups is 1. The van der Waals surface area contributed by atoms with Gasteiger partial charge in [0.15, 0.2) is 0 Å². The van der Waals surface area contributed by atoms with Gasteiger partial charge in [0.25, 0.3) is 0 Å². The van der Waals surface area contributed by atoms with E-state index in [-0.39, 0.29) is 0 Å². The molecule has 4 heteroatoms. The monoisotopic (exact) mass is 190 g/mol. The predicted octanol–water partition coefficient (Wildman–Crippen LogP) is 1.57. The largest absolute Gasteiger partial charge is 0.465 e. The molecule has 0 rings (SSSR count). The molecule has 80 valence electrons. The van der Waals surface area contributed by atoms with Gasteiger partial charge in [0.2, 0.25) is 0 Å². The second kappa shape index (κ2) is 9.32. The number of amides is 1. The summed E-state index contributed by atoms with van der Waals surface area (Å²) >= 11 is 0. The van der Waals surface area contributed by atoms with Gasteiger partial charge in [-0.05, 0) is 27.1 Å². The molecular weight excluding hydrogens is 168 g/mol. The van der Waals surface area contributed by atoms with Crippen LogP contribution in [0, 0.1) is 0 Å². The number of hydrogen-bond acceptors (Lipinski definition) is 2. The first-order valence-corrected chi connectivity index (χ1v) is 4.63. The molecule has 0 aliphatic heterocycles. The van der Waals surface area contributed by atoms with Crippen molar-refractivity contribution in [1.82, 2.24) is 9.80 Å². The Kier molecular flexibility index (Phi) is 10.6. The zero-order valence-electron chi connectivity index (χ0n) is 9.37. The van der Waals surface area contributed by atoms with Crippen molar-refractivity contribution in [1.29, 1.82) is 0 Å². The second-order valence-corrected chi connectivity index (χ2v) is 2.86. The summed E-state index contributed by atoms with van der Waals surface area (Å²) in [6.07, 6.45) is 0.0271. The van der Waals surface area contributed by atoms with E-state index in [4.69, 9.17) is 5.11 Å². The summed E-state index contributed by atoms with van der Waals surface area (Å²) in [4.78, 5) is 13.6. The van der Waals surface area contributed by atoms with Crippen molar-refractivity contribution in [3.63, 3.8) is 0 Å². The first kappa shape index (κ1) is 14.7. The van der Waals surface area contributed by atoms with Crippen LogP contribution in [0.5, 0.6) is 0 Å². The van der Waals surface area contributed by atoms with Crippen LogP contribution in [0.4, 0.5) is 4.79 Å². The second-order valence-electron chi connectivity index (χ2n) is 2.86. The van der Waals surface area contributed by atoms with Crippen molar-refractivity contribution in [2.45, 2.75) is 20.3 Å². The lowest BCUT2D eigenvalue weighted by Crippen LogP contribution is -2.28. The van der Waals surface area contributed by atoms with Crippen molar-refractivity contribution in [3.8, 4) is 0 Å². The summed E-state index contributed by atoms with van der Waals surface area (Å²) in [6.45, 7) is 5.53. The van der Waals surface area contributed by atoms with Crippen LogP contribution in [0.3, 0.4) is 0 Å². The van der Waals surface area contributed by atoms with Gasteiger partial charge in [-0.15, -0.1) is 0 Å².